The zero-order valence-electron chi connectivity index (χ0n) is 12.6. The van der Waals surface area contributed by atoms with E-state index in [4.69, 9.17) is 4.74 Å². The molecule has 1 aromatic carbocycles. The van der Waals surface area contributed by atoms with Crippen LogP contribution < -0.4 is 10.1 Å². The number of anilines is 1. The minimum atomic E-state index is 0.135. The summed E-state index contributed by atoms with van der Waals surface area (Å²) < 4.78 is 5.58. The molecule has 1 saturated heterocycles. The zero-order chi connectivity index (χ0) is 14.5. The SMILES string of the molecule is CC(C)Oc1ccc(NC(=O)C2CCN(C)CC2)cc1. The maximum absolute atomic E-state index is 12.2. The first-order valence-electron chi connectivity index (χ1n) is 7.30. The lowest BCUT2D eigenvalue weighted by Crippen LogP contribution is -2.35. The number of carbonyl (C=O) groups is 1. The van der Waals surface area contributed by atoms with Crippen molar-refractivity contribution in [3.8, 4) is 5.75 Å². The first-order chi connectivity index (χ1) is 9.54. The summed E-state index contributed by atoms with van der Waals surface area (Å²) in [6, 6.07) is 7.57. The third kappa shape index (κ3) is 4.23. The molecule has 0 atom stereocenters. The van der Waals surface area contributed by atoms with Crippen LogP contribution in [0.1, 0.15) is 26.7 Å². The van der Waals surface area contributed by atoms with Crippen LogP contribution in [0.5, 0.6) is 5.75 Å². The summed E-state index contributed by atoms with van der Waals surface area (Å²) in [5.74, 6) is 1.10. The summed E-state index contributed by atoms with van der Waals surface area (Å²) in [7, 11) is 2.10. The van der Waals surface area contributed by atoms with E-state index in [1.165, 1.54) is 0 Å². The Morgan fingerprint density at radius 1 is 1.25 bits per heavy atom. The van der Waals surface area contributed by atoms with E-state index in [0.29, 0.717) is 0 Å². The molecule has 1 aliphatic heterocycles. The van der Waals surface area contributed by atoms with Crippen LogP contribution in [0.25, 0.3) is 0 Å². The Morgan fingerprint density at radius 2 is 1.85 bits per heavy atom. The van der Waals surface area contributed by atoms with E-state index in [2.05, 4.69) is 17.3 Å². The van der Waals surface area contributed by atoms with Crippen molar-refractivity contribution in [1.29, 1.82) is 0 Å². The number of hydrogen-bond acceptors (Lipinski definition) is 3. The molecule has 0 saturated carbocycles. The van der Waals surface area contributed by atoms with E-state index in [1.54, 1.807) is 0 Å². The van der Waals surface area contributed by atoms with Gasteiger partial charge in [-0.05, 0) is 71.1 Å². The smallest absolute Gasteiger partial charge is 0.227 e. The molecule has 20 heavy (non-hydrogen) atoms. The summed E-state index contributed by atoms with van der Waals surface area (Å²) in [5.41, 5.74) is 0.838. The number of carbonyl (C=O) groups excluding carboxylic acids is 1. The van der Waals surface area contributed by atoms with Crippen LogP contribution in [0.4, 0.5) is 5.69 Å². The second kappa shape index (κ2) is 6.75. The first kappa shape index (κ1) is 14.9. The molecule has 1 heterocycles. The minimum Gasteiger partial charge on any atom is -0.491 e. The van der Waals surface area contributed by atoms with Gasteiger partial charge in [-0.25, -0.2) is 0 Å². The molecule has 1 N–H and O–H groups in total. The highest BCUT2D eigenvalue weighted by Gasteiger charge is 2.23. The van der Waals surface area contributed by atoms with Gasteiger partial charge in [0, 0.05) is 11.6 Å². The zero-order valence-corrected chi connectivity index (χ0v) is 12.6. The van der Waals surface area contributed by atoms with E-state index in [1.807, 2.05) is 38.1 Å². The maximum atomic E-state index is 12.2. The van der Waals surface area contributed by atoms with Crippen molar-refractivity contribution >= 4 is 11.6 Å². The fourth-order valence-electron chi connectivity index (χ4n) is 2.40. The van der Waals surface area contributed by atoms with Gasteiger partial charge < -0.3 is 15.0 Å². The number of nitrogens with one attached hydrogen (secondary N) is 1. The van der Waals surface area contributed by atoms with Crippen molar-refractivity contribution < 1.29 is 9.53 Å². The normalized spacial score (nSPS) is 17.2. The van der Waals surface area contributed by atoms with Crippen LogP contribution in [0.3, 0.4) is 0 Å². The average Bonchev–Trinajstić information content (AvgIpc) is 2.41. The Labute approximate surface area is 121 Å². The van der Waals surface area contributed by atoms with Crippen LogP contribution in [-0.2, 0) is 4.79 Å². The van der Waals surface area contributed by atoms with Crippen LogP contribution in [-0.4, -0.2) is 37.0 Å². The van der Waals surface area contributed by atoms with Gasteiger partial charge >= 0.3 is 0 Å². The molecule has 2 rings (SSSR count). The molecular formula is C16H24N2O2. The lowest BCUT2D eigenvalue weighted by molar-refractivity contribution is -0.121. The molecule has 110 valence electrons. The second-order valence-corrected chi connectivity index (χ2v) is 5.76. The van der Waals surface area contributed by atoms with E-state index in [0.717, 1.165) is 37.4 Å². The van der Waals surface area contributed by atoms with Gasteiger partial charge in [0.25, 0.3) is 0 Å². The summed E-state index contributed by atoms with van der Waals surface area (Å²) >= 11 is 0. The molecule has 0 radical (unpaired) electrons. The minimum absolute atomic E-state index is 0.135. The van der Waals surface area contributed by atoms with Crippen molar-refractivity contribution in [2.24, 2.45) is 5.92 Å². The number of benzene rings is 1. The van der Waals surface area contributed by atoms with Crippen LogP contribution >= 0.6 is 0 Å². The first-order valence-corrected chi connectivity index (χ1v) is 7.30. The molecule has 4 nitrogen and oxygen atoms in total. The summed E-state index contributed by atoms with van der Waals surface area (Å²) in [6.07, 6.45) is 2.04. The van der Waals surface area contributed by atoms with Crippen LogP contribution in [0.2, 0.25) is 0 Å². The number of rotatable bonds is 4. The molecule has 1 amide bonds. The van der Waals surface area contributed by atoms with Gasteiger partial charge in [-0.2, -0.15) is 0 Å². The molecule has 1 fully saturated rings. The Balaban J connectivity index is 1.88. The topological polar surface area (TPSA) is 41.6 Å². The predicted molar refractivity (Wildman–Crippen MR) is 81.1 cm³/mol. The molecule has 0 spiro atoms. The summed E-state index contributed by atoms with van der Waals surface area (Å²) in [4.78, 5) is 14.4. The van der Waals surface area contributed by atoms with Gasteiger partial charge in [-0.3, -0.25) is 4.79 Å². The molecule has 0 bridgehead atoms. The van der Waals surface area contributed by atoms with Gasteiger partial charge in [0.2, 0.25) is 5.91 Å². The van der Waals surface area contributed by atoms with E-state index in [-0.39, 0.29) is 17.9 Å². The lowest BCUT2D eigenvalue weighted by Gasteiger charge is -2.28. The fourth-order valence-corrected chi connectivity index (χ4v) is 2.40. The fraction of sp³-hybridized carbons (Fsp3) is 0.562. The van der Waals surface area contributed by atoms with Crippen molar-refractivity contribution in [3.05, 3.63) is 24.3 Å². The molecule has 1 aromatic rings. The molecule has 0 aromatic heterocycles. The number of likely N-dealkylation sites (tertiary alicyclic amines) is 1. The average molecular weight is 276 g/mol. The third-order valence-corrected chi connectivity index (χ3v) is 3.58. The van der Waals surface area contributed by atoms with Crippen molar-refractivity contribution in [2.45, 2.75) is 32.8 Å². The van der Waals surface area contributed by atoms with Crippen LogP contribution in [0, 0.1) is 5.92 Å². The van der Waals surface area contributed by atoms with E-state index < -0.39 is 0 Å². The third-order valence-electron chi connectivity index (χ3n) is 3.58. The van der Waals surface area contributed by atoms with Crippen molar-refractivity contribution in [3.63, 3.8) is 0 Å². The highest BCUT2D eigenvalue weighted by atomic mass is 16.5. The van der Waals surface area contributed by atoms with Gasteiger partial charge in [-0.1, -0.05) is 0 Å². The van der Waals surface area contributed by atoms with Gasteiger partial charge in [0.15, 0.2) is 0 Å². The number of ether oxygens (including phenoxy) is 1. The van der Waals surface area contributed by atoms with Gasteiger partial charge in [0.1, 0.15) is 5.75 Å². The number of amides is 1. The Hall–Kier alpha value is -1.55. The van der Waals surface area contributed by atoms with E-state index in [9.17, 15) is 4.79 Å². The largest absolute Gasteiger partial charge is 0.491 e. The van der Waals surface area contributed by atoms with Crippen molar-refractivity contribution in [2.75, 3.05) is 25.5 Å². The lowest BCUT2D eigenvalue weighted by atomic mass is 9.96. The van der Waals surface area contributed by atoms with Crippen molar-refractivity contribution in [1.82, 2.24) is 4.90 Å². The van der Waals surface area contributed by atoms with E-state index >= 15 is 0 Å². The molecule has 0 aliphatic carbocycles. The quantitative estimate of drug-likeness (QED) is 0.919. The molecule has 0 unspecified atom stereocenters. The summed E-state index contributed by atoms with van der Waals surface area (Å²) in [5, 5.41) is 2.99. The predicted octanol–water partition coefficient (Wildman–Crippen LogP) is 2.75. The molecular weight excluding hydrogens is 252 g/mol. The highest BCUT2D eigenvalue weighted by molar-refractivity contribution is 5.92. The Bertz CT molecular complexity index is 434. The number of hydrogen-bond donors (Lipinski definition) is 1. The Morgan fingerprint density at radius 3 is 2.40 bits per heavy atom. The monoisotopic (exact) mass is 276 g/mol. The van der Waals surface area contributed by atoms with Crippen LogP contribution in [0.15, 0.2) is 24.3 Å². The molecule has 1 aliphatic rings. The molecule has 4 heteroatoms. The second-order valence-electron chi connectivity index (χ2n) is 5.76. The Kier molecular flexibility index (Phi) is 5.01. The standard InChI is InChI=1S/C16H24N2O2/c1-12(2)20-15-6-4-14(5-7-15)17-16(19)13-8-10-18(3)11-9-13/h4-7,12-13H,8-11H2,1-3H3,(H,17,19). The number of nitrogens with zero attached hydrogens (tertiary/aromatic N) is 1. The van der Waals surface area contributed by atoms with Gasteiger partial charge in [0.05, 0.1) is 6.10 Å². The number of piperidine rings is 1. The maximum Gasteiger partial charge on any atom is 0.227 e. The van der Waals surface area contributed by atoms with Gasteiger partial charge in [-0.15, -0.1) is 0 Å². The summed E-state index contributed by atoms with van der Waals surface area (Å²) in [6.45, 7) is 5.99. The highest BCUT2D eigenvalue weighted by Crippen LogP contribution is 2.20.